The van der Waals surface area contributed by atoms with Crippen LogP contribution in [0.15, 0.2) is 18.2 Å². The van der Waals surface area contributed by atoms with Crippen molar-refractivity contribution in [1.82, 2.24) is 4.90 Å². The van der Waals surface area contributed by atoms with E-state index in [-0.39, 0.29) is 28.9 Å². The van der Waals surface area contributed by atoms with E-state index in [9.17, 15) is 19.7 Å². The number of benzene rings is 1. The summed E-state index contributed by atoms with van der Waals surface area (Å²) in [6.45, 7) is 3.12. The van der Waals surface area contributed by atoms with Crippen molar-refractivity contribution in [1.29, 1.82) is 0 Å². The molecule has 0 saturated heterocycles. The van der Waals surface area contributed by atoms with E-state index < -0.39 is 16.7 Å². The molecule has 7 nitrogen and oxygen atoms in total. The first kappa shape index (κ1) is 15.9. The van der Waals surface area contributed by atoms with Crippen LogP contribution in [0.4, 0.5) is 5.69 Å². The number of hydrogen-bond donors (Lipinski definition) is 1. The summed E-state index contributed by atoms with van der Waals surface area (Å²) in [5, 5.41) is 10.5. The summed E-state index contributed by atoms with van der Waals surface area (Å²) < 4.78 is 0. The molecule has 0 atom stereocenters. The normalized spacial score (nSPS) is 10.4. The predicted octanol–water partition coefficient (Wildman–Crippen LogP) is 1.58. The second kappa shape index (κ2) is 6.33. The Morgan fingerprint density at radius 3 is 2.50 bits per heavy atom. The highest BCUT2D eigenvalue weighted by Gasteiger charge is 2.26. The molecule has 0 saturated carbocycles. The zero-order valence-corrected chi connectivity index (χ0v) is 11.8. The number of rotatable bonds is 5. The molecule has 1 rings (SSSR count). The molecule has 0 aliphatic rings. The lowest BCUT2D eigenvalue weighted by atomic mass is 10.1. The SMILES string of the molecule is CC(C)N(CC(N)=O)C(=O)c1cccc([N+](=O)[O-])c1Cl. The molecule has 1 aromatic rings. The molecule has 20 heavy (non-hydrogen) atoms. The zero-order chi connectivity index (χ0) is 15.4. The molecule has 108 valence electrons. The summed E-state index contributed by atoms with van der Waals surface area (Å²) in [5.74, 6) is -1.25. The Labute approximate surface area is 120 Å². The van der Waals surface area contributed by atoms with E-state index in [1.54, 1.807) is 13.8 Å². The summed E-state index contributed by atoms with van der Waals surface area (Å²) >= 11 is 5.88. The van der Waals surface area contributed by atoms with Crippen LogP contribution in [-0.4, -0.2) is 34.2 Å². The van der Waals surface area contributed by atoms with Gasteiger partial charge in [0, 0.05) is 12.1 Å². The quantitative estimate of drug-likeness (QED) is 0.658. The number of nitro benzene ring substituents is 1. The van der Waals surface area contributed by atoms with Gasteiger partial charge in [-0.2, -0.15) is 0 Å². The third-order valence-corrected chi connectivity index (χ3v) is 3.01. The first-order chi connectivity index (χ1) is 9.25. The van der Waals surface area contributed by atoms with E-state index in [0.29, 0.717) is 0 Å². The Balaban J connectivity index is 3.22. The summed E-state index contributed by atoms with van der Waals surface area (Å²) in [5.41, 5.74) is 4.70. The van der Waals surface area contributed by atoms with Gasteiger partial charge in [0.25, 0.3) is 11.6 Å². The molecule has 0 bridgehead atoms. The molecule has 0 radical (unpaired) electrons. The number of nitro groups is 1. The molecule has 0 heterocycles. The van der Waals surface area contributed by atoms with Gasteiger partial charge in [0.05, 0.1) is 17.0 Å². The Morgan fingerprint density at radius 1 is 1.45 bits per heavy atom. The zero-order valence-electron chi connectivity index (χ0n) is 11.0. The van der Waals surface area contributed by atoms with E-state index in [1.807, 2.05) is 0 Å². The summed E-state index contributed by atoms with van der Waals surface area (Å²) in [4.78, 5) is 34.7. The topological polar surface area (TPSA) is 107 Å². The van der Waals surface area contributed by atoms with Crippen LogP contribution in [0.1, 0.15) is 24.2 Å². The molecular formula is C12H14ClN3O4. The molecule has 2 amide bonds. The highest BCUT2D eigenvalue weighted by molar-refractivity contribution is 6.35. The third kappa shape index (κ3) is 3.45. The fourth-order valence-corrected chi connectivity index (χ4v) is 1.91. The molecular weight excluding hydrogens is 286 g/mol. The first-order valence-electron chi connectivity index (χ1n) is 5.77. The van der Waals surface area contributed by atoms with Gasteiger partial charge in [0.15, 0.2) is 0 Å². The van der Waals surface area contributed by atoms with Crippen LogP contribution in [0.3, 0.4) is 0 Å². The maximum Gasteiger partial charge on any atom is 0.288 e. The number of nitrogens with zero attached hydrogens (tertiary/aromatic N) is 2. The van der Waals surface area contributed by atoms with Crippen molar-refractivity contribution >= 4 is 29.1 Å². The molecule has 2 N–H and O–H groups in total. The largest absolute Gasteiger partial charge is 0.368 e. The Hall–Kier alpha value is -2.15. The predicted molar refractivity (Wildman–Crippen MR) is 73.5 cm³/mol. The number of carbonyl (C=O) groups is 2. The minimum atomic E-state index is -0.674. The Kier molecular flexibility index (Phi) is 5.04. The second-order valence-electron chi connectivity index (χ2n) is 4.39. The lowest BCUT2D eigenvalue weighted by Gasteiger charge is -2.25. The van der Waals surface area contributed by atoms with Gasteiger partial charge in [-0.05, 0) is 19.9 Å². The number of hydrogen-bond acceptors (Lipinski definition) is 4. The fraction of sp³-hybridized carbons (Fsp3) is 0.333. The van der Waals surface area contributed by atoms with Crippen molar-refractivity contribution in [3.63, 3.8) is 0 Å². The van der Waals surface area contributed by atoms with E-state index in [2.05, 4.69) is 0 Å². The van der Waals surface area contributed by atoms with Crippen LogP contribution < -0.4 is 5.73 Å². The van der Waals surface area contributed by atoms with Crippen LogP contribution in [0.5, 0.6) is 0 Å². The van der Waals surface area contributed by atoms with Crippen molar-refractivity contribution in [3.8, 4) is 0 Å². The highest BCUT2D eigenvalue weighted by atomic mass is 35.5. The van der Waals surface area contributed by atoms with Gasteiger partial charge < -0.3 is 10.6 Å². The molecule has 0 aliphatic heterocycles. The maximum absolute atomic E-state index is 12.3. The number of nitrogens with two attached hydrogens (primary N) is 1. The van der Waals surface area contributed by atoms with Gasteiger partial charge >= 0.3 is 0 Å². The molecule has 0 spiro atoms. The molecule has 0 unspecified atom stereocenters. The highest BCUT2D eigenvalue weighted by Crippen LogP contribution is 2.28. The molecule has 0 aromatic heterocycles. The Bertz CT molecular complexity index is 560. The van der Waals surface area contributed by atoms with Gasteiger partial charge in [0.2, 0.25) is 5.91 Å². The smallest absolute Gasteiger partial charge is 0.288 e. The van der Waals surface area contributed by atoms with Gasteiger partial charge in [-0.15, -0.1) is 0 Å². The number of amides is 2. The van der Waals surface area contributed by atoms with Crippen LogP contribution in [0, 0.1) is 10.1 Å². The van der Waals surface area contributed by atoms with Crippen LogP contribution >= 0.6 is 11.6 Å². The lowest BCUT2D eigenvalue weighted by molar-refractivity contribution is -0.384. The monoisotopic (exact) mass is 299 g/mol. The number of halogens is 1. The molecule has 0 aliphatic carbocycles. The molecule has 1 aromatic carbocycles. The maximum atomic E-state index is 12.3. The summed E-state index contributed by atoms with van der Waals surface area (Å²) in [6.07, 6.45) is 0. The fourth-order valence-electron chi connectivity index (χ4n) is 1.64. The van der Waals surface area contributed by atoms with Gasteiger partial charge in [-0.3, -0.25) is 19.7 Å². The van der Waals surface area contributed by atoms with Crippen LogP contribution in [-0.2, 0) is 4.79 Å². The summed E-state index contributed by atoms with van der Waals surface area (Å²) in [6, 6.07) is 3.63. The minimum Gasteiger partial charge on any atom is -0.368 e. The van der Waals surface area contributed by atoms with Crippen molar-refractivity contribution in [3.05, 3.63) is 38.9 Å². The van der Waals surface area contributed by atoms with Crippen LogP contribution in [0.2, 0.25) is 5.02 Å². The first-order valence-corrected chi connectivity index (χ1v) is 6.15. The third-order valence-electron chi connectivity index (χ3n) is 2.62. The average molecular weight is 300 g/mol. The van der Waals surface area contributed by atoms with E-state index >= 15 is 0 Å². The lowest BCUT2D eigenvalue weighted by Crippen LogP contribution is -2.42. The van der Waals surface area contributed by atoms with Gasteiger partial charge in [-0.1, -0.05) is 17.7 Å². The van der Waals surface area contributed by atoms with Crippen molar-refractivity contribution < 1.29 is 14.5 Å². The molecule has 8 heteroatoms. The standard InChI is InChI=1S/C12H14ClN3O4/c1-7(2)15(6-10(14)17)12(18)8-4-3-5-9(11(8)13)16(19)20/h3-5,7H,6H2,1-2H3,(H2,14,17). The van der Waals surface area contributed by atoms with Crippen LogP contribution in [0.25, 0.3) is 0 Å². The Morgan fingerprint density at radius 2 is 2.05 bits per heavy atom. The van der Waals surface area contributed by atoms with E-state index in [0.717, 1.165) is 0 Å². The molecule has 0 fully saturated rings. The van der Waals surface area contributed by atoms with Gasteiger partial charge in [0.1, 0.15) is 5.02 Å². The van der Waals surface area contributed by atoms with Crippen molar-refractivity contribution in [2.45, 2.75) is 19.9 Å². The number of primary amides is 1. The summed E-state index contributed by atoms with van der Waals surface area (Å²) in [7, 11) is 0. The van der Waals surface area contributed by atoms with Gasteiger partial charge in [-0.25, -0.2) is 0 Å². The van der Waals surface area contributed by atoms with E-state index in [4.69, 9.17) is 17.3 Å². The number of carbonyl (C=O) groups excluding carboxylic acids is 2. The minimum absolute atomic E-state index is 0.0317. The van der Waals surface area contributed by atoms with E-state index in [1.165, 1.54) is 23.1 Å². The second-order valence-corrected chi connectivity index (χ2v) is 4.77. The van der Waals surface area contributed by atoms with Crippen molar-refractivity contribution in [2.24, 2.45) is 5.73 Å². The average Bonchev–Trinajstić information content (AvgIpc) is 2.34. The van der Waals surface area contributed by atoms with Crippen molar-refractivity contribution in [2.75, 3.05) is 6.54 Å².